The molecule has 21 heavy (non-hydrogen) atoms. The van der Waals surface area contributed by atoms with Crippen molar-refractivity contribution in [2.45, 2.75) is 32.8 Å². The van der Waals surface area contributed by atoms with Crippen LogP contribution in [0, 0.1) is 5.82 Å². The van der Waals surface area contributed by atoms with Crippen molar-refractivity contribution in [3.8, 4) is 5.75 Å². The minimum absolute atomic E-state index is 0.201. The number of alkyl carbamates (subject to hydrolysis) is 1. The molecule has 1 aromatic carbocycles. The first kappa shape index (κ1) is 17.1. The fraction of sp³-hybridized carbons (Fsp3) is 0.533. The van der Waals surface area contributed by atoms with Gasteiger partial charge in [0.1, 0.15) is 5.60 Å². The third-order valence-electron chi connectivity index (χ3n) is 2.50. The SMILES string of the molecule is COc1cc(NCCCNC(=O)OC(C)(C)C)ccc1F. The lowest BCUT2D eigenvalue weighted by Crippen LogP contribution is -2.33. The Morgan fingerprint density at radius 3 is 2.62 bits per heavy atom. The van der Waals surface area contributed by atoms with Gasteiger partial charge in [-0.05, 0) is 39.3 Å². The van der Waals surface area contributed by atoms with Crippen LogP contribution >= 0.6 is 0 Å². The van der Waals surface area contributed by atoms with Gasteiger partial charge in [0, 0.05) is 24.8 Å². The predicted octanol–water partition coefficient (Wildman–Crippen LogP) is 3.16. The summed E-state index contributed by atoms with van der Waals surface area (Å²) in [5.74, 6) is -0.193. The van der Waals surface area contributed by atoms with Gasteiger partial charge in [-0.3, -0.25) is 0 Å². The Morgan fingerprint density at radius 2 is 2.00 bits per heavy atom. The number of ether oxygens (including phenoxy) is 2. The molecule has 5 nitrogen and oxygen atoms in total. The second kappa shape index (κ2) is 7.71. The van der Waals surface area contributed by atoms with Gasteiger partial charge in [0.25, 0.3) is 0 Å². The number of benzene rings is 1. The molecule has 0 atom stereocenters. The lowest BCUT2D eigenvalue weighted by atomic mass is 10.2. The van der Waals surface area contributed by atoms with E-state index in [1.165, 1.54) is 13.2 Å². The van der Waals surface area contributed by atoms with Crippen LogP contribution in [0.1, 0.15) is 27.2 Å². The normalized spacial score (nSPS) is 10.9. The number of anilines is 1. The number of halogens is 1. The summed E-state index contributed by atoms with van der Waals surface area (Å²) in [6, 6.07) is 4.58. The summed E-state index contributed by atoms with van der Waals surface area (Å²) in [4.78, 5) is 11.4. The van der Waals surface area contributed by atoms with Crippen molar-refractivity contribution in [3.05, 3.63) is 24.0 Å². The third kappa shape index (κ3) is 6.83. The molecule has 0 spiro atoms. The zero-order chi connectivity index (χ0) is 15.9. The van der Waals surface area contributed by atoms with Crippen LogP contribution in [0.5, 0.6) is 5.75 Å². The molecule has 0 bridgehead atoms. The molecule has 0 fully saturated rings. The van der Waals surface area contributed by atoms with E-state index in [1.807, 2.05) is 20.8 Å². The molecule has 0 aliphatic heterocycles. The summed E-state index contributed by atoms with van der Waals surface area (Å²) < 4.78 is 23.2. The maximum Gasteiger partial charge on any atom is 0.407 e. The predicted molar refractivity (Wildman–Crippen MR) is 80.3 cm³/mol. The molecule has 6 heteroatoms. The molecular formula is C15H23FN2O3. The minimum atomic E-state index is -0.493. The number of hydrogen-bond donors (Lipinski definition) is 2. The molecule has 0 saturated carbocycles. The third-order valence-corrected chi connectivity index (χ3v) is 2.50. The highest BCUT2D eigenvalue weighted by molar-refractivity contribution is 5.67. The summed E-state index contributed by atoms with van der Waals surface area (Å²) in [5.41, 5.74) is 0.276. The van der Waals surface area contributed by atoms with Crippen molar-refractivity contribution in [2.24, 2.45) is 0 Å². The molecule has 0 aromatic heterocycles. The standard InChI is InChI=1S/C15H23FN2O3/c1-15(2,3)21-14(19)18-9-5-8-17-11-6-7-12(16)13(10-11)20-4/h6-7,10,17H,5,8-9H2,1-4H3,(H,18,19). The van der Waals surface area contributed by atoms with Gasteiger partial charge >= 0.3 is 6.09 Å². The molecule has 0 aliphatic carbocycles. The van der Waals surface area contributed by atoms with Crippen LogP contribution in [-0.4, -0.2) is 31.9 Å². The number of rotatable bonds is 6. The topological polar surface area (TPSA) is 59.6 Å². The van der Waals surface area contributed by atoms with Crippen molar-refractivity contribution >= 4 is 11.8 Å². The Morgan fingerprint density at radius 1 is 1.29 bits per heavy atom. The van der Waals surface area contributed by atoms with E-state index in [0.717, 1.165) is 12.1 Å². The summed E-state index contributed by atoms with van der Waals surface area (Å²) >= 11 is 0. The molecular weight excluding hydrogens is 275 g/mol. The smallest absolute Gasteiger partial charge is 0.407 e. The van der Waals surface area contributed by atoms with Crippen LogP contribution in [0.4, 0.5) is 14.9 Å². The Hall–Kier alpha value is -1.98. The van der Waals surface area contributed by atoms with Gasteiger partial charge in [-0.1, -0.05) is 0 Å². The first-order valence-electron chi connectivity index (χ1n) is 6.86. The van der Waals surface area contributed by atoms with Gasteiger partial charge in [0.05, 0.1) is 7.11 Å². The van der Waals surface area contributed by atoms with Crippen LogP contribution in [0.15, 0.2) is 18.2 Å². The average molecular weight is 298 g/mol. The Bertz CT molecular complexity index is 472. The van der Waals surface area contributed by atoms with Crippen LogP contribution in [-0.2, 0) is 4.74 Å². The van der Waals surface area contributed by atoms with Gasteiger partial charge in [0.15, 0.2) is 11.6 Å². The number of carbonyl (C=O) groups excluding carboxylic acids is 1. The Kier molecular flexibility index (Phi) is 6.27. The first-order chi connectivity index (χ1) is 9.81. The van der Waals surface area contributed by atoms with Gasteiger partial charge in [0.2, 0.25) is 0 Å². The van der Waals surface area contributed by atoms with E-state index in [2.05, 4.69) is 10.6 Å². The summed E-state index contributed by atoms with van der Waals surface area (Å²) in [6.45, 7) is 6.59. The van der Waals surface area contributed by atoms with Crippen LogP contribution < -0.4 is 15.4 Å². The molecule has 118 valence electrons. The van der Waals surface area contributed by atoms with Crippen molar-refractivity contribution in [2.75, 3.05) is 25.5 Å². The lowest BCUT2D eigenvalue weighted by molar-refractivity contribution is 0.0528. The van der Waals surface area contributed by atoms with Crippen LogP contribution in [0.3, 0.4) is 0 Å². The fourth-order valence-corrected chi connectivity index (χ4v) is 1.60. The molecule has 0 unspecified atom stereocenters. The summed E-state index contributed by atoms with van der Waals surface area (Å²) in [5, 5.41) is 5.80. The molecule has 0 saturated heterocycles. The van der Waals surface area contributed by atoms with Crippen molar-refractivity contribution in [1.29, 1.82) is 0 Å². The number of amides is 1. The van der Waals surface area contributed by atoms with Gasteiger partial charge in [-0.15, -0.1) is 0 Å². The van der Waals surface area contributed by atoms with E-state index < -0.39 is 17.5 Å². The second-order valence-electron chi connectivity index (χ2n) is 5.56. The molecule has 0 heterocycles. The van der Waals surface area contributed by atoms with Gasteiger partial charge in [-0.25, -0.2) is 9.18 Å². The van der Waals surface area contributed by atoms with E-state index in [4.69, 9.17) is 9.47 Å². The van der Waals surface area contributed by atoms with E-state index in [0.29, 0.717) is 13.1 Å². The van der Waals surface area contributed by atoms with Crippen molar-refractivity contribution in [1.82, 2.24) is 5.32 Å². The zero-order valence-corrected chi connectivity index (χ0v) is 13.0. The Labute approximate surface area is 124 Å². The largest absolute Gasteiger partial charge is 0.494 e. The van der Waals surface area contributed by atoms with E-state index in [1.54, 1.807) is 12.1 Å². The number of hydrogen-bond acceptors (Lipinski definition) is 4. The van der Waals surface area contributed by atoms with E-state index in [9.17, 15) is 9.18 Å². The summed E-state index contributed by atoms with van der Waals surface area (Å²) in [7, 11) is 1.42. The van der Waals surface area contributed by atoms with Crippen LogP contribution in [0.25, 0.3) is 0 Å². The molecule has 1 amide bonds. The number of nitrogens with one attached hydrogen (secondary N) is 2. The van der Waals surface area contributed by atoms with Gasteiger partial charge in [-0.2, -0.15) is 0 Å². The van der Waals surface area contributed by atoms with Crippen molar-refractivity contribution in [3.63, 3.8) is 0 Å². The molecule has 1 aromatic rings. The lowest BCUT2D eigenvalue weighted by Gasteiger charge is -2.19. The highest BCUT2D eigenvalue weighted by Gasteiger charge is 2.15. The van der Waals surface area contributed by atoms with Crippen LogP contribution in [0.2, 0.25) is 0 Å². The molecule has 0 radical (unpaired) electrons. The highest BCUT2D eigenvalue weighted by Crippen LogP contribution is 2.21. The molecule has 2 N–H and O–H groups in total. The average Bonchev–Trinajstić information content (AvgIpc) is 2.38. The van der Waals surface area contributed by atoms with E-state index >= 15 is 0 Å². The monoisotopic (exact) mass is 298 g/mol. The second-order valence-corrected chi connectivity index (χ2v) is 5.56. The minimum Gasteiger partial charge on any atom is -0.494 e. The highest BCUT2D eigenvalue weighted by atomic mass is 19.1. The molecule has 0 aliphatic rings. The maximum atomic E-state index is 13.2. The fourth-order valence-electron chi connectivity index (χ4n) is 1.60. The number of carbonyl (C=O) groups is 1. The quantitative estimate of drug-likeness (QED) is 0.792. The van der Waals surface area contributed by atoms with Gasteiger partial charge < -0.3 is 20.1 Å². The first-order valence-corrected chi connectivity index (χ1v) is 6.86. The molecule has 1 rings (SSSR count). The summed E-state index contributed by atoms with van der Waals surface area (Å²) in [6.07, 6.45) is 0.296. The number of methoxy groups -OCH3 is 1. The zero-order valence-electron chi connectivity index (χ0n) is 13.0. The maximum absolute atomic E-state index is 13.2. The van der Waals surface area contributed by atoms with Crippen molar-refractivity contribution < 1.29 is 18.7 Å². The van der Waals surface area contributed by atoms with E-state index in [-0.39, 0.29) is 5.75 Å². The Balaban J connectivity index is 2.24.